The van der Waals surface area contributed by atoms with Crippen LogP contribution in [0.2, 0.25) is 0 Å². The number of nitrogens with zero attached hydrogens (tertiary/aromatic N) is 2. The number of nitrogens with one attached hydrogen (secondary N) is 2. The van der Waals surface area contributed by atoms with Crippen molar-refractivity contribution in [1.29, 1.82) is 0 Å². The van der Waals surface area contributed by atoms with E-state index < -0.39 is 0 Å². The first-order chi connectivity index (χ1) is 21.8. The lowest BCUT2D eigenvalue weighted by Crippen LogP contribution is -2.43. The lowest BCUT2D eigenvalue weighted by Gasteiger charge is -2.31. The largest absolute Gasteiger partial charge is 0.368 e. The highest BCUT2D eigenvalue weighted by Crippen LogP contribution is 2.40. The summed E-state index contributed by atoms with van der Waals surface area (Å²) in [6.45, 7) is 7.72. The van der Waals surface area contributed by atoms with Crippen LogP contribution in [0.3, 0.4) is 0 Å². The molecule has 1 aliphatic heterocycles. The molecule has 0 spiro atoms. The van der Waals surface area contributed by atoms with Crippen molar-refractivity contribution in [2.75, 3.05) is 62.2 Å². The van der Waals surface area contributed by atoms with Gasteiger partial charge in [-0.25, -0.2) is 0 Å². The van der Waals surface area contributed by atoms with E-state index in [2.05, 4.69) is 130 Å². The third-order valence-corrected chi connectivity index (χ3v) is 9.93. The molecule has 8 aromatic rings. The lowest BCUT2D eigenvalue weighted by molar-refractivity contribution is 0.590. The van der Waals surface area contributed by atoms with E-state index in [1.807, 2.05) is 0 Å². The van der Waals surface area contributed by atoms with E-state index in [0.717, 1.165) is 52.4 Å². The summed E-state index contributed by atoms with van der Waals surface area (Å²) in [6, 6.07) is 41.0. The SMILES string of the molecule is c1cc2ccc3ccc(N4CCNCCN(c5ccc6ccc7cccc8ccc5c6c78)CCNCC4)c4ccc(c1)c2c34. The maximum atomic E-state index is 3.80. The number of benzene rings is 8. The smallest absolute Gasteiger partial charge is 0.0447 e. The molecular formula is C40H36N4. The van der Waals surface area contributed by atoms with Crippen molar-refractivity contribution in [3.8, 4) is 0 Å². The summed E-state index contributed by atoms with van der Waals surface area (Å²) in [7, 11) is 0. The average molecular weight is 573 g/mol. The van der Waals surface area contributed by atoms with E-state index in [9.17, 15) is 0 Å². The molecule has 2 N–H and O–H groups in total. The first kappa shape index (κ1) is 25.8. The van der Waals surface area contributed by atoms with Crippen LogP contribution in [0.15, 0.2) is 109 Å². The fraction of sp³-hybridized carbons (Fsp3) is 0.200. The second-order valence-electron chi connectivity index (χ2n) is 12.4. The van der Waals surface area contributed by atoms with Gasteiger partial charge in [0.05, 0.1) is 0 Å². The molecule has 4 nitrogen and oxygen atoms in total. The Balaban J connectivity index is 0.988. The third kappa shape index (κ3) is 4.13. The zero-order valence-corrected chi connectivity index (χ0v) is 24.9. The zero-order chi connectivity index (χ0) is 29.0. The summed E-state index contributed by atoms with van der Waals surface area (Å²) in [5.74, 6) is 0. The van der Waals surface area contributed by atoms with E-state index >= 15 is 0 Å². The molecule has 0 bridgehead atoms. The predicted octanol–water partition coefficient (Wildman–Crippen LogP) is 7.99. The summed E-state index contributed by atoms with van der Waals surface area (Å²) in [4.78, 5) is 5.15. The molecule has 0 unspecified atom stereocenters. The van der Waals surface area contributed by atoms with Crippen LogP contribution in [-0.2, 0) is 0 Å². The van der Waals surface area contributed by atoms with Crippen LogP contribution in [0.4, 0.5) is 11.4 Å². The minimum atomic E-state index is 0.953. The second-order valence-corrected chi connectivity index (χ2v) is 12.4. The summed E-state index contributed by atoms with van der Waals surface area (Å²) >= 11 is 0. The van der Waals surface area contributed by atoms with E-state index in [1.54, 1.807) is 0 Å². The highest BCUT2D eigenvalue weighted by atomic mass is 15.2. The molecule has 0 radical (unpaired) electrons. The fourth-order valence-corrected chi connectivity index (χ4v) is 7.80. The molecule has 0 aromatic heterocycles. The summed E-state index contributed by atoms with van der Waals surface area (Å²) in [5, 5.41) is 23.8. The van der Waals surface area contributed by atoms with Crippen LogP contribution < -0.4 is 20.4 Å². The first-order valence-corrected chi connectivity index (χ1v) is 16.1. The quantitative estimate of drug-likeness (QED) is 0.206. The van der Waals surface area contributed by atoms with Crippen LogP contribution in [0, 0.1) is 0 Å². The van der Waals surface area contributed by atoms with Gasteiger partial charge < -0.3 is 20.4 Å². The lowest BCUT2D eigenvalue weighted by atomic mass is 9.93. The maximum Gasteiger partial charge on any atom is 0.0447 e. The number of anilines is 2. The highest BCUT2D eigenvalue weighted by molar-refractivity contribution is 6.26. The Kier molecular flexibility index (Phi) is 6.17. The van der Waals surface area contributed by atoms with Gasteiger partial charge in [-0.15, -0.1) is 0 Å². The van der Waals surface area contributed by atoms with Gasteiger partial charge in [-0.05, 0) is 66.0 Å². The van der Waals surface area contributed by atoms with Crippen molar-refractivity contribution >= 4 is 76.0 Å². The Morgan fingerprint density at radius 1 is 0.341 bits per heavy atom. The molecule has 4 heteroatoms. The molecule has 1 fully saturated rings. The van der Waals surface area contributed by atoms with Crippen molar-refractivity contribution in [3.63, 3.8) is 0 Å². The highest BCUT2D eigenvalue weighted by Gasteiger charge is 2.18. The Hall–Kier alpha value is -4.64. The predicted molar refractivity (Wildman–Crippen MR) is 190 cm³/mol. The Morgan fingerprint density at radius 2 is 0.659 bits per heavy atom. The third-order valence-electron chi connectivity index (χ3n) is 9.93. The van der Waals surface area contributed by atoms with Crippen LogP contribution in [0.5, 0.6) is 0 Å². The average Bonchev–Trinajstić information content (AvgIpc) is 3.06. The van der Waals surface area contributed by atoms with Gasteiger partial charge in [-0.2, -0.15) is 0 Å². The molecule has 0 atom stereocenters. The normalized spacial score (nSPS) is 16.1. The van der Waals surface area contributed by atoms with Gasteiger partial charge in [0.2, 0.25) is 0 Å². The number of rotatable bonds is 2. The van der Waals surface area contributed by atoms with Crippen molar-refractivity contribution in [3.05, 3.63) is 109 Å². The Labute approximate surface area is 257 Å². The monoisotopic (exact) mass is 572 g/mol. The van der Waals surface area contributed by atoms with Gasteiger partial charge in [0.1, 0.15) is 0 Å². The van der Waals surface area contributed by atoms with Crippen LogP contribution in [0.1, 0.15) is 0 Å². The van der Waals surface area contributed by atoms with Crippen LogP contribution in [-0.4, -0.2) is 52.4 Å². The standard InChI is InChI=1S/C40H36N4/c1-3-27-7-9-31-13-17-35(33-15-11-29(5-1)37(27)39(31)33)43-23-19-41-21-25-44(26-22-42-20-24-43)36-18-14-32-10-8-28-4-2-6-30-12-16-34(36)40(32)38(28)30/h1-18,41-42H,19-26H2. The molecule has 0 amide bonds. The van der Waals surface area contributed by atoms with Crippen LogP contribution >= 0.6 is 0 Å². The Morgan fingerprint density at radius 3 is 1.05 bits per heavy atom. The number of hydrogen-bond donors (Lipinski definition) is 2. The van der Waals surface area contributed by atoms with Gasteiger partial charge in [-0.1, -0.05) is 97.1 Å². The van der Waals surface area contributed by atoms with Gasteiger partial charge >= 0.3 is 0 Å². The summed E-state index contributed by atoms with van der Waals surface area (Å²) in [6.07, 6.45) is 0. The van der Waals surface area contributed by atoms with Crippen molar-refractivity contribution in [2.45, 2.75) is 0 Å². The molecule has 0 aliphatic carbocycles. The summed E-state index contributed by atoms with van der Waals surface area (Å²) in [5.41, 5.74) is 2.68. The van der Waals surface area contributed by atoms with E-state index in [0.29, 0.717) is 0 Å². The van der Waals surface area contributed by atoms with E-state index in [1.165, 1.54) is 76.0 Å². The minimum Gasteiger partial charge on any atom is -0.368 e. The molecule has 0 saturated carbocycles. The molecule has 1 heterocycles. The van der Waals surface area contributed by atoms with Crippen molar-refractivity contribution in [2.24, 2.45) is 0 Å². The zero-order valence-electron chi connectivity index (χ0n) is 24.9. The van der Waals surface area contributed by atoms with Gasteiger partial charge in [-0.3, -0.25) is 0 Å². The minimum absolute atomic E-state index is 0.953. The van der Waals surface area contributed by atoms with Crippen LogP contribution in [0.25, 0.3) is 64.6 Å². The molecule has 1 aliphatic rings. The topological polar surface area (TPSA) is 30.5 Å². The van der Waals surface area contributed by atoms with Gasteiger partial charge in [0, 0.05) is 74.5 Å². The van der Waals surface area contributed by atoms with Gasteiger partial charge in [0.15, 0.2) is 0 Å². The first-order valence-electron chi connectivity index (χ1n) is 16.1. The molecule has 216 valence electrons. The Bertz CT molecular complexity index is 2070. The van der Waals surface area contributed by atoms with Crippen molar-refractivity contribution < 1.29 is 0 Å². The van der Waals surface area contributed by atoms with E-state index in [-0.39, 0.29) is 0 Å². The second kappa shape index (κ2) is 10.5. The van der Waals surface area contributed by atoms with Gasteiger partial charge in [0.25, 0.3) is 0 Å². The molecule has 44 heavy (non-hydrogen) atoms. The summed E-state index contributed by atoms with van der Waals surface area (Å²) < 4.78 is 0. The fourth-order valence-electron chi connectivity index (χ4n) is 7.80. The van der Waals surface area contributed by atoms with Crippen molar-refractivity contribution in [1.82, 2.24) is 10.6 Å². The number of hydrogen-bond acceptors (Lipinski definition) is 4. The molecule has 9 rings (SSSR count). The van der Waals surface area contributed by atoms with E-state index in [4.69, 9.17) is 0 Å². The maximum absolute atomic E-state index is 3.80. The molecule has 8 aromatic carbocycles. The molecule has 1 saturated heterocycles. The molecular weight excluding hydrogens is 536 g/mol.